The van der Waals surface area contributed by atoms with E-state index in [9.17, 15) is 22.0 Å². The second kappa shape index (κ2) is 9.22. The molecule has 0 aliphatic rings. The summed E-state index contributed by atoms with van der Waals surface area (Å²) in [6.45, 7) is -4.22. The molecule has 0 aromatic rings. The standard InChI is InChI=1S/C6H7F5.CH2O3/c7-1-4(2-8)5(3-9)6(10)11;2-1(3)4/h6H,1-3H2;(H2,2,3,4). The van der Waals surface area contributed by atoms with Gasteiger partial charge >= 0.3 is 6.16 Å². The van der Waals surface area contributed by atoms with Gasteiger partial charge in [0, 0.05) is 5.57 Å². The Kier molecular flexibility index (Phi) is 9.90. The molecule has 0 heterocycles. The molecule has 8 heteroatoms. The lowest BCUT2D eigenvalue weighted by Crippen LogP contribution is -2.06. The van der Waals surface area contributed by atoms with Crippen molar-refractivity contribution in [2.75, 3.05) is 20.0 Å². The van der Waals surface area contributed by atoms with E-state index in [4.69, 9.17) is 15.0 Å². The predicted octanol–water partition coefficient (Wildman–Crippen LogP) is 2.68. The Bertz CT molecular complexity index is 207. The second-order valence-electron chi connectivity index (χ2n) is 2.11. The molecule has 0 amide bonds. The first-order valence-corrected chi connectivity index (χ1v) is 3.49. The highest BCUT2D eigenvalue weighted by Gasteiger charge is 2.16. The zero-order chi connectivity index (χ0) is 12.4. The smallest absolute Gasteiger partial charge is 0.450 e. The van der Waals surface area contributed by atoms with Crippen molar-refractivity contribution in [1.82, 2.24) is 0 Å². The van der Waals surface area contributed by atoms with Gasteiger partial charge in [0.2, 0.25) is 0 Å². The number of hydrogen-bond donors (Lipinski definition) is 2. The van der Waals surface area contributed by atoms with Crippen LogP contribution in [0.2, 0.25) is 0 Å². The molecule has 0 unspecified atom stereocenters. The lowest BCUT2D eigenvalue weighted by molar-refractivity contribution is 0.137. The van der Waals surface area contributed by atoms with Crippen LogP contribution in [0.25, 0.3) is 0 Å². The lowest BCUT2D eigenvalue weighted by atomic mass is 10.1. The number of carbonyl (C=O) groups is 1. The largest absolute Gasteiger partial charge is 0.503 e. The van der Waals surface area contributed by atoms with Crippen molar-refractivity contribution in [3.05, 3.63) is 11.1 Å². The fraction of sp³-hybridized carbons (Fsp3) is 0.571. The highest BCUT2D eigenvalue weighted by molar-refractivity contribution is 5.53. The fourth-order valence-corrected chi connectivity index (χ4v) is 0.514. The molecule has 0 rings (SSSR count). The Labute approximate surface area is 81.8 Å². The maximum Gasteiger partial charge on any atom is 0.503 e. The highest BCUT2D eigenvalue weighted by Crippen LogP contribution is 2.15. The zero-order valence-electron chi connectivity index (χ0n) is 7.39. The Balaban J connectivity index is 0. The first kappa shape index (κ1) is 16.1. The molecule has 0 atom stereocenters. The van der Waals surface area contributed by atoms with Crippen molar-refractivity contribution in [1.29, 1.82) is 0 Å². The maximum absolute atomic E-state index is 11.7. The van der Waals surface area contributed by atoms with E-state index in [0.29, 0.717) is 0 Å². The van der Waals surface area contributed by atoms with Gasteiger partial charge in [0.25, 0.3) is 6.43 Å². The number of rotatable bonds is 4. The highest BCUT2D eigenvalue weighted by atomic mass is 19.3. The molecule has 2 N–H and O–H groups in total. The molecule has 0 aromatic heterocycles. The second-order valence-corrected chi connectivity index (χ2v) is 2.11. The predicted molar refractivity (Wildman–Crippen MR) is 41.6 cm³/mol. The summed E-state index contributed by atoms with van der Waals surface area (Å²) in [6.07, 6.45) is -4.94. The molecule has 90 valence electrons. The normalized spacial score (nSPS) is 9.20. The van der Waals surface area contributed by atoms with Gasteiger partial charge in [-0.05, 0) is 5.57 Å². The van der Waals surface area contributed by atoms with Crippen LogP contribution >= 0.6 is 0 Å². The van der Waals surface area contributed by atoms with Crippen molar-refractivity contribution < 1.29 is 37.0 Å². The van der Waals surface area contributed by atoms with Gasteiger partial charge in [-0.25, -0.2) is 26.7 Å². The van der Waals surface area contributed by atoms with Gasteiger partial charge in [-0.2, -0.15) is 0 Å². The van der Waals surface area contributed by atoms with Crippen LogP contribution in [0, 0.1) is 0 Å². The Hall–Kier alpha value is -1.34. The van der Waals surface area contributed by atoms with Crippen molar-refractivity contribution >= 4 is 6.16 Å². The average molecular weight is 236 g/mol. The molecule has 0 aliphatic heterocycles. The third-order valence-electron chi connectivity index (χ3n) is 1.18. The third-order valence-corrected chi connectivity index (χ3v) is 1.18. The van der Waals surface area contributed by atoms with Gasteiger partial charge in [-0.1, -0.05) is 0 Å². The van der Waals surface area contributed by atoms with E-state index in [2.05, 4.69) is 0 Å². The summed E-state index contributed by atoms with van der Waals surface area (Å²) in [5, 5.41) is 13.9. The van der Waals surface area contributed by atoms with Crippen LogP contribution in [0.3, 0.4) is 0 Å². The molecule has 0 saturated carbocycles. The van der Waals surface area contributed by atoms with Crippen molar-refractivity contribution in [2.24, 2.45) is 0 Å². The van der Waals surface area contributed by atoms with Crippen LogP contribution in [0.4, 0.5) is 26.7 Å². The van der Waals surface area contributed by atoms with E-state index in [1.54, 1.807) is 0 Å². The molecule has 0 aromatic carbocycles. The van der Waals surface area contributed by atoms with Gasteiger partial charge in [0.15, 0.2) is 0 Å². The van der Waals surface area contributed by atoms with E-state index in [1.807, 2.05) is 0 Å². The van der Waals surface area contributed by atoms with Crippen LogP contribution in [0.1, 0.15) is 0 Å². The molecular weight excluding hydrogens is 227 g/mol. The van der Waals surface area contributed by atoms with E-state index >= 15 is 0 Å². The first-order chi connectivity index (χ1) is 6.90. The Morgan fingerprint density at radius 3 is 1.40 bits per heavy atom. The molecule has 0 spiro atoms. The maximum atomic E-state index is 11.7. The quantitative estimate of drug-likeness (QED) is 0.582. The van der Waals surface area contributed by atoms with Crippen molar-refractivity contribution in [3.8, 4) is 0 Å². The Morgan fingerprint density at radius 2 is 1.33 bits per heavy atom. The number of carboxylic acid groups (broad SMARTS) is 2. The summed E-state index contributed by atoms with van der Waals surface area (Å²) in [4.78, 5) is 8.56. The van der Waals surface area contributed by atoms with Crippen LogP contribution < -0.4 is 0 Å². The topological polar surface area (TPSA) is 57.5 Å². The van der Waals surface area contributed by atoms with Crippen LogP contribution in [-0.2, 0) is 0 Å². The van der Waals surface area contributed by atoms with Gasteiger partial charge < -0.3 is 10.2 Å². The van der Waals surface area contributed by atoms with E-state index in [1.165, 1.54) is 0 Å². The number of halogens is 5. The van der Waals surface area contributed by atoms with Crippen LogP contribution in [0.5, 0.6) is 0 Å². The van der Waals surface area contributed by atoms with Gasteiger partial charge in [-0.3, -0.25) is 0 Å². The molecule has 3 nitrogen and oxygen atoms in total. The molecule has 0 bridgehead atoms. The van der Waals surface area contributed by atoms with Gasteiger partial charge in [0.1, 0.15) is 20.0 Å². The van der Waals surface area contributed by atoms with Crippen molar-refractivity contribution in [2.45, 2.75) is 6.43 Å². The van der Waals surface area contributed by atoms with Gasteiger partial charge in [0.05, 0.1) is 0 Å². The summed E-state index contributed by atoms with van der Waals surface area (Å²) in [6, 6.07) is 0. The summed E-state index contributed by atoms with van der Waals surface area (Å²) in [7, 11) is 0. The lowest BCUT2D eigenvalue weighted by Gasteiger charge is -2.04. The van der Waals surface area contributed by atoms with Crippen LogP contribution in [-0.4, -0.2) is 42.8 Å². The fourth-order valence-electron chi connectivity index (χ4n) is 0.514. The number of hydrogen-bond acceptors (Lipinski definition) is 1. The third kappa shape index (κ3) is 8.98. The number of alkyl halides is 5. The van der Waals surface area contributed by atoms with E-state index in [-0.39, 0.29) is 0 Å². The molecule has 0 aliphatic carbocycles. The Morgan fingerprint density at radius 1 is 1.00 bits per heavy atom. The summed E-state index contributed by atoms with van der Waals surface area (Å²) < 4.78 is 58.4. The molecular formula is C7H9F5O3. The molecule has 0 radical (unpaired) electrons. The molecule has 15 heavy (non-hydrogen) atoms. The zero-order valence-corrected chi connectivity index (χ0v) is 7.39. The SMILES string of the molecule is FCC(CF)=C(CF)C(F)F.O=C(O)O. The first-order valence-electron chi connectivity index (χ1n) is 3.49. The molecule has 0 fully saturated rings. The minimum absolute atomic E-state index is 0.789. The van der Waals surface area contributed by atoms with Gasteiger partial charge in [-0.15, -0.1) is 0 Å². The minimum Gasteiger partial charge on any atom is -0.450 e. The van der Waals surface area contributed by atoms with Crippen molar-refractivity contribution in [3.63, 3.8) is 0 Å². The van der Waals surface area contributed by atoms with Crippen LogP contribution in [0.15, 0.2) is 11.1 Å². The number of allylic oxidation sites excluding steroid dienone is 2. The van der Waals surface area contributed by atoms with E-state index in [0.717, 1.165) is 0 Å². The molecule has 0 saturated heterocycles. The minimum atomic E-state index is -3.11. The summed E-state index contributed by atoms with van der Waals surface area (Å²) >= 11 is 0. The van der Waals surface area contributed by atoms with E-state index < -0.39 is 43.8 Å². The average Bonchev–Trinajstić information content (AvgIpc) is 2.12. The summed E-state index contributed by atoms with van der Waals surface area (Å²) in [5.74, 6) is 0. The summed E-state index contributed by atoms with van der Waals surface area (Å²) in [5.41, 5.74) is -1.86. The monoisotopic (exact) mass is 236 g/mol.